The number of tetrazole rings is 1. The molecule has 0 saturated heterocycles. The third-order valence-electron chi connectivity index (χ3n) is 3.62. The van der Waals surface area contributed by atoms with E-state index < -0.39 is 0 Å². The van der Waals surface area contributed by atoms with E-state index in [1.165, 1.54) is 6.33 Å². The van der Waals surface area contributed by atoms with Gasteiger partial charge < -0.3 is 9.88 Å². The zero-order valence-electron chi connectivity index (χ0n) is 13.7. The number of carbonyl (C=O) groups is 2. The molecule has 128 valence electrons. The Hall–Kier alpha value is -3.36. The number of rotatable bonds is 7. The third-order valence-corrected chi connectivity index (χ3v) is 3.62. The normalized spacial score (nSPS) is 10.6. The molecule has 2 aromatic heterocycles. The van der Waals surface area contributed by atoms with E-state index in [0.717, 1.165) is 0 Å². The molecule has 3 aromatic rings. The Morgan fingerprint density at radius 2 is 2.16 bits per heavy atom. The molecule has 9 heteroatoms. The zero-order valence-corrected chi connectivity index (χ0v) is 13.7. The number of nitrogens with zero attached hydrogens (tertiary/aromatic N) is 6. The molecular formula is C16H17N7O2. The van der Waals surface area contributed by atoms with Crippen LogP contribution >= 0.6 is 0 Å². The molecule has 0 unspecified atom stereocenters. The summed E-state index contributed by atoms with van der Waals surface area (Å²) in [5, 5.41) is 13.6. The molecule has 3 rings (SSSR count). The fourth-order valence-electron chi connectivity index (χ4n) is 2.36. The zero-order chi connectivity index (χ0) is 17.6. The van der Waals surface area contributed by atoms with Gasteiger partial charge in [-0.15, -0.1) is 5.10 Å². The van der Waals surface area contributed by atoms with Crippen LogP contribution in [0.3, 0.4) is 0 Å². The first kappa shape index (κ1) is 16.5. The maximum absolute atomic E-state index is 12.5. The Balaban J connectivity index is 1.58. The maximum atomic E-state index is 12.5. The minimum absolute atomic E-state index is 0.130. The molecule has 0 bridgehead atoms. The highest BCUT2D eigenvalue weighted by Gasteiger charge is 2.14. The van der Waals surface area contributed by atoms with Crippen molar-refractivity contribution in [2.24, 2.45) is 7.05 Å². The van der Waals surface area contributed by atoms with E-state index >= 15 is 0 Å². The Labute approximate surface area is 143 Å². The van der Waals surface area contributed by atoms with Gasteiger partial charge in [0, 0.05) is 43.7 Å². The Bertz CT molecular complexity index is 870. The van der Waals surface area contributed by atoms with E-state index in [0.29, 0.717) is 36.5 Å². The molecule has 1 N–H and O–H groups in total. The van der Waals surface area contributed by atoms with Crippen LogP contribution in [0.25, 0.3) is 0 Å². The summed E-state index contributed by atoms with van der Waals surface area (Å²) in [6, 6.07) is 6.82. The molecule has 0 fully saturated rings. The number of benzene rings is 1. The van der Waals surface area contributed by atoms with Crippen molar-refractivity contribution in [3.8, 4) is 0 Å². The largest absolute Gasteiger partial charge is 0.331 e. The summed E-state index contributed by atoms with van der Waals surface area (Å²) >= 11 is 0. The topological polar surface area (TPSA) is 108 Å². The van der Waals surface area contributed by atoms with E-state index in [1.807, 2.05) is 0 Å². The van der Waals surface area contributed by atoms with Gasteiger partial charge in [-0.3, -0.25) is 9.59 Å². The number of aromatic nitrogens is 6. The number of amides is 1. The molecule has 0 saturated carbocycles. The molecule has 0 radical (unpaired) electrons. The number of anilines is 1. The van der Waals surface area contributed by atoms with E-state index in [9.17, 15) is 9.59 Å². The number of hydrogen-bond acceptors (Lipinski definition) is 6. The Morgan fingerprint density at radius 1 is 1.28 bits per heavy atom. The van der Waals surface area contributed by atoms with Crippen molar-refractivity contribution in [3.05, 3.63) is 54.4 Å². The molecule has 0 aliphatic heterocycles. The minimum Gasteiger partial charge on any atom is -0.331 e. The van der Waals surface area contributed by atoms with Gasteiger partial charge in [0.1, 0.15) is 6.33 Å². The van der Waals surface area contributed by atoms with Crippen LogP contribution in [0.15, 0.2) is 43.0 Å². The van der Waals surface area contributed by atoms with Crippen molar-refractivity contribution in [1.82, 2.24) is 29.8 Å². The van der Waals surface area contributed by atoms with Crippen molar-refractivity contribution in [2.75, 3.05) is 5.32 Å². The van der Waals surface area contributed by atoms with Crippen LogP contribution in [-0.2, 0) is 18.4 Å². The highest BCUT2D eigenvalue weighted by molar-refractivity contribution is 6.07. The number of imidazole rings is 1. The lowest BCUT2D eigenvalue weighted by Crippen LogP contribution is -2.14. The van der Waals surface area contributed by atoms with Crippen molar-refractivity contribution in [3.63, 3.8) is 0 Å². The van der Waals surface area contributed by atoms with Gasteiger partial charge in [-0.05, 0) is 29.0 Å². The lowest BCUT2D eigenvalue weighted by molar-refractivity contribution is -0.116. The molecular weight excluding hydrogens is 322 g/mol. The first-order chi connectivity index (χ1) is 12.1. The standard InChI is InChI=1S/C16H17N7O2/c1-22-9-7-17-16(22)15(25)12-4-2-5-13(10-12)19-14(24)6-3-8-23-11-18-20-21-23/h2,4-5,7,9-11H,3,6,8H2,1H3,(H,19,24). The molecule has 1 amide bonds. The maximum Gasteiger partial charge on any atom is 0.228 e. The fourth-order valence-corrected chi connectivity index (χ4v) is 2.36. The molecule has 2 heterocycles. The predicted molar refractivity (Wildman–Crippen MR) is 88.8 cm³/mol. The number of ketones is 1. The predicted octanol–water partition coefficient (Wildman–Crippen LogP) is 1.06. The van der Waals surface area contributed by atoms with E-state index in [2.05, 4.69) is 25.8 Å². The van der Waals surface area contributed by atoms with Gasteiger partial charge in [0.25, 0.3) is 0 Å². The van der Waals surface area contributed by atoms with E-state index in [4.69, 9.17) is 0 Å². The summed E-state index contributed by atoms with van der Waals surface area (Å²) in [6.45, 7) is 0.568. The highest BCUT2D eigenvalue weighted by Crippen LogP contribution is 2.14. The lowest BCUT2D eigenvalue weighted by Gasteiger charge is -2.07. The Kier molecular flexibility index (Phi) is 4.93. The van der Waals surface area contributed by atoms with Gasteiger partial charge in [0.2, 0.25) is 11.7 Å². The van der Waals surface area contributed by atoms with Crippen molar-refractivity contribution >= 4 is 17.4 Å². The second-order valence-corrected chi connectivity index (χ2v) is 5.50. The Morgan fingerprint density at radius 3 is 2.88 bits per heavy atom. The van der Waals surface area contributed by atoms with Crippen molar-refractivity contribution in [1.29, 1.82) is 0 Å². The molecule has 1 aromatic carbocycles. The lowest BCUT2D eigenvalue weighted by atomic mass is 10.1. The molecule has 0 spiro atoms. The second kappa shape index (κ2) is 7.47. The minimum atomic E-state index is -0.192. The third kappa shape index (κ3) is 4.14. The van der Waals surface area contributed by atoms with Gasteiger partial charge in [-0.25, -0.2) is 9.67 Å². The van der Waals surface area contributed by atoms with Crippen LogP contribution in [0.4, 0.5) is 5.69 Å². The second-order valence-electron chi connectivity index (χ2n) is 5.50. The summed E-state index contributed by atoms with van der Waals surface area (Å²) < 4.78 is 3.23. The molecule has 25 heavy (non-hydrogen) atoms. The number of hydrogen-bond donors (Lipinski definition) is 1. The summed E-state index contributed by atoms with van der Waals surface area (Å²) in [4.78, 5) is 28.5. The van der Waals surface area contributed by atoms with Crippen LogP contribution in [-0.4, -0.2) is 41.4 Å². The highest BCUT2D eigenvalue weighted by atomic mass is 16.1. The summed E-state index contributed by atoms with van der Waals surface area (Å²) in [5.41, 5.74) is 1.05. The van der Waals surface area contributed by atoms with Crippen molar-refractivity contribution < 1.29 is 9.59 Å². The monoisotopic (exact) mass is 339 g/mol. The van der Waals surface area contributed by atoms with Crippen molar-refractivity contribution in [2.45, 2.75) is 19.4 Å². The average Bonchev–Trinajstić information content (AvgIpc) is 3.26. The quantitative estimate of drug-likeness (QED) is 0.645. The summed E-state index contributed by atoms with van der Waals surface area (Å²) in [6.07, 6.45) is 5.73. The van der Waals surface area contributed by atoms with E-state index in [-0.39, 0.29) is 11.7 Å². The number of nitrogens with one attached hydrogen (secondary N) is 1. The van der Waals surface area contributed by atoms with Gasteiger partial charge in [-0.1, -0.05) is 12.1 Å². The summed E-state index contributed by atoms with van der Waals surface area (Å²) in [7, 11) is 1.76. The van der Waals surface area contributed by atoms with Gasteiger partial charge in [-0.2, -0.15) is 0 Å². The van der Waals surface area contributed by atoms with Crippen LogP contribution in [0, 0.1) is 0 Å². The first-order valence-corrected chi connectivity index (χ1v) is 7.76. The average molecular weight is 339 g/mol. The number of aryl methyl sites for hydroxylation is 2. The van der Waals surface area contributed by atoms with Crippen LogP contribution in [0.2, 0.25) is 0 Å². The first-order valence-electron chi connectivity index (χ1n) is 7.76. The molecule has 9 nitrogen and oxygen atoms in total. The smallest absolute Gasteiger partial charge is 0.228 e. The molecule has 0 aliphatic rings. The summed E-state index contributed by atoms with van der Waals surface area (Å²) in [5.74, 6) is 0.0295. The molecule has 0 atom stereocenters. The van der Waals surface area contributed by atoms with Crippen LogP contribution < -0.4 is 5.32 Å². The van der Waals surface area contributed by atoms with Gasteiger partial charge in [0.05, 0.1) is 0 Å². The SMILES string of the molecule is Cn1ccnc1C(=O)c1cccc(NC(=O)CCCn2cnnn2)c1. The molecule has 0 aliphatic carbocycles. The van der Waals surface area contributed by atoms with Crippen LogP contribution in [0.1, 0.15) is 29.0 Å². The van der Waals surface area contributed by atoms with E-state index in [1.54, 1.807) is 53.0 Å². The number of carbonyl (C=O) groups excluding carboxylic acids is 2. The fraction of sp³-hybridized carbons (Fsp3) is 0.250. The van der Waals surface area contributed by atoms with Crippen LogP contribution in [0.5, 0.6) is 0 Å². The van der Waals surface area contributed by atoms with Gasteiger partial charge in [0.15, 0.2) is 5.82 Å². The van der Waals surface area contributed by atoms with Gasteiger partial charge >= 0.3 is 0 Å².